The van der Waals surface area contributed by atoms with Crippen molar-refractivity contribution in [1.82, 2.24) is 0 Å². The maximum Gasteiger partial charge on any atom is 0.109 e. The van der Waals surface area contributed by atoms with E-state index in [0.717, 1.165) is 16.7 Å². The molecule has 1 nitrogen and oxygen atoms in total. The molecule has 72 valence electrons. The van der Waals surface area contributed by atoms with Gasteiger partial charge in [0.25, 0.3) is 0 Å². The molecule has 0 bridgehead atoms. The summed E-state index contributed by atoms with van der Waals surface area (Å²) in [6.07, 6.45) is 1.62. The summed E-state index contributed by atoms with van der Waals surface area (Å²) in [6, 6.07) is 9.80. The number of hydrogen-bond donors (Lipinski definition) is 1. The zero-order chi connectivity index (χ0) is 10.6. The number of benzene rings is 1. The molecule has 0 fully saturated rings. The van der Waals surface area contributed by atoms with E-state index in [4.69, 9.17) is 5.11 Å². The summed E-state index contributed by atoms with van der Waals surface area (Å²) in [5, 5.41) is 9.12. The van der Waals surface area contributed by atoms with Gasteiger partial charge in [-0.3, -0.25) is 0 Å². The minimum absolute atomic E-state index is 0.0480. The highest BCUT2D eigenvalue weighted by Gasteiger charge is 2.01. The van der Waals surface area contributed by atoms with Gasteiger partial charge in [-0.25, -0.2) is 0 Å². The minimum atomic E-state index is 0.0480. The van der Waals surface area contributed by atoms with Crippen molar-refractivity contribution < 1.29 is 5.11 Å². The molecule has 1 aromatic carbocycles. The highest BCUT2D eigenvalue weighted by atomic mass is 16.3. The molecule has 0 amide bonds. The molecule has 1 aromatic rings. The van der Waals surface area contributed by atoms with Gasteiger partial charge in [-0.1, -0.05) is 49.1 Å². The Morgan fingerprint density at radius 2 is 1.79 bits per heavy atom. The molecule has 0 aliphatic heterocycles. The quantitative estimate of drug-likeness (QED) is 0.563. The molecule has 14 heavy (non-hydrogen) atoms. The van der Waals surface area contributed by atoms with E-state index in [2.05, 4.69) is 13.2 Å². The van der Waals surface area contributed by atoms with E-state index in [1.54, 1.807) is 6.08 Å². The first-order valence-electron chi connectivity index (χ1n) is 4.42. The Bertz CT molecular complexity index is 371. The third-order valence-electron chi connectivity index (χ3n) is 1.86. The van der Waals surface area contributed by atoms with Gasteiger partial charge >= 0.3 is 0 Å². The number of hydrogen-bond acceptors (Lipinski definition) is 1. The summed E-state index contributed by atoms with van der Waals surface area (Å²) in [5.74, 6) is 0.0480. The molecule has 0 saturated heterocycles. The van der Waals surface area contributed by atoms with Crippen LogP contribution < -0.4 is 0 Å². The van der Waals surface area contributed by atoms with E-state index in [1.165, 1.54) is 0 Å². The highest BCUT2D eigenvalue weighted by Crippen LogP contribution is 2.21. The molecular formula is C13H14O. The van der Waals surface area contributed by atoms with Gasteiger partial charge in [-0.15, -0.1) is 0 Å². The minimum Gasteiger partial charge on any atom is -0.509 e. The zero-order valence-corrected chi connectivity index (χ0v) is 8.33. The second-order valence-corrected chi connectivity index (χ2v) is 3.20. The number of allylic oxidation sites excluding steroid dienone is 3. The van der Waals surface area contributed by atoms with Gasteiger partial charge < -0.3 is 5.11 Å². The van der Waals surface area contributed by atoms with Crippen molar-refractivity contribution in [3.63, 3.8) is 0 Å². The van der Waals surface area contributed by atoms with Crippen LogP contribution in [0.3, 0.4) is 0 Å². The topological polar surface area (TPSA) is 20.2 Å². The first-order valence-corrected chi connectivity index (χ1v) is 4.42. The van der Waals surface area contributed by atoms with Crippen LogP contribution in [0.1, 0.15) is 12.5 Å². The van der Waals surface area contributed by atoms with Gasteiger partial charge in [0.05, 0.1) is 0 Å². The Hall–Kier alpha value is -1.76. The van der Waals surface area contributed by atoms with E-state index in [1.807, 2.05) is 37.3 Å². The molecule has 0 aliphatic rings. The Balaban J connectivity index is 3.14. The van der Waals surface area contributed by atoms with Crippen LogP contribution >= 0.6 is 0 Å². The van der Waals surface area contributed by atoms with Crippen molar-refractivity contribution in [2.75, 3.05) is 0 Å². The largest absolute Gasteiger partial charge is 0.509 e. The number of aliphatic hydroxyl groups excluding tert-OH is 1. The van der Waals surface area contributed by atoms with Gasteiger partial charge in [0.15, 0.2) is 0 Å². The van der Waals surface area contributed by atoms with Crippen molar-refractivity contribution in [2.24, 2.45) is 0 Å². The lowest BCUT2D eigenvalue weighted by Gasteiger charge is -2.06. The maximum atomic E-state index is 9.12. The smallest absolute Gasteiger partial charge is 0.109 e. The van der Waals surface area contributed by atoms with Crippen LogP contribution in [-0.4, -0.2) is 5.11 Å². The van der Waals surface area contributed by atoms with E-state index in [-0.39, 0.29) is 5.76 Å². The predicted octanol–water partition coefficient (Wildman–Crippen LogP) is 3.72. The van der Waals surface area contributed by atoms with Crippen molar-refractivity contribution in [3.05, 3.63) is 66.5 Å². The Morgan fingerprint density at radius 3 is 2.21 bits per heavy atom. The Labute approximate surface area is 84.7 Å². The monoisotopic (exact) mass is 186 g/mol. The molecule has 1 rings (SSSR count). The van der Waals surface area contributed by atoms with Gasteiger partial charge in [0.2, 0.25) is 0 Å². The van der Waals surface area contributed by atoms with Crippen LogP contribution in [0.2, 0.25) is 0 Å². The molecule has 0 atom stereocenters. The van der Waals surface area contributed by atoms with E-state index in [0.29, 0.717) is 0 Å². The normalized spacial score (nSPS) is 11.1. The second-order valence-electron chi connectivity index (χ2n) is 3.20. The maximum absolute atomic E-state index is 9.12. The lowest BCUT2D eigenvalue weighted by molar-refractivity contribution is 0.435. The molecule has 1 N–H and O–H groups in total. The van der Waals surface area contributed by atoms with Crippen LogP contribution in [0.25, 0.3) is 5.57 Å². The van der Waals surface area contributed by atoms with Crippen molar-refractivity contribution in [1.29, 1.82) is 0 Å². The summed E-state index contributed by atoms with van der Waals surface area (Å²) in [5.41, 5.74) is 2.86. The van der Waals surface area contributed by atoms with Crippen LogP contribution in [-0.2, 0) is 0 Å². The molecule has 0 unspecified atom stereocenters. The van der Waals surface area contributed by atoms with Crippen molar-refractivity contribution in [2.45, 2.75) is 6.92 Å². The number of aliphatic hydroxyl groups is 1. The summed E-state index contributed by atoms with van der Waals surface area (Å²) >= 11 is 0. The SMILES string of the molecule is C=C(O)/C=C(\C(=C)C)c1ccccc1. The van der Waals surface area contributed by atoms with Crippen LogP contribution in [0, 0.1) is 0 Å². The summed E-state index contributed by atoms with van der Waals surface area (Å²) in [6.45, 7) is 9.21. The first kappa shape index (κ1) is 10.3. The lowest BCUT2D eigenvalue weighted by atomic mass is 9.99. The van der Waals surface area contributed by atoms with Gasteiger partial charge in [-0.2, -0.15) is 0 Å². The van der Waals surface area contributed by atoms with Crippen molar-refractivity contribution >= 4 is 5.57 Å². The van der Waals surface area contributed by atoms with Crippen LogP contribution in [0.5, 0.6) is 0 Å². The molecule has 0 heterocycles. The lowest BCUT2D eigenvalue weighted by Crippen LogP contribution is -1.86. The third-order valence-corrected chi connectivity index (χ3v) is 1.86. The molecular weight excluding hydrogens is 172 g/mol. The fourth-order valence-corrected chi connectivity index (χ4v) is 1.24. The first-order chi connectivity index (χ1) is 6.61. The fraction of sp³-hybridized carbons (Fsp3) is 0.0769. The van der Waals surface area contributed by atoms with Gasteiger partial charge in [-0.05, 0) is 24.1 Å². The Kier molecular flexibility index (Phi) is 3.29. The zero-order valence-electron chi connectivity index (χ0n) is 8.33. The third kappa shape index (κ3) is 2.63. The molecule has 0 aromatic heterocycles. The molecule has 0 radical (unpaired) electrons. The van der Waals surface area contributed by atoms with Gasteiger partial charge in [0, 0.05) is 0 Å². The summed E-state index contributed by atoms with van der Waals surface area (Å²) in [4.78, 5) is 0. The summed E-state index contributed by atoms with van der Waals surface area (Å²) < 4.78 is 0. The van der Waals surface area contributed by atoms with E-state index in [9.17, 15) is 0 Å². The number of rotatable bonds is 3. The van der Waals surface area contributed by atoms with Crippen LogP contribution in [0.15, 0.2) is 60.9 Å². The average Bonchev–Trinajstić information content (AvgIpc) is 2.15. The molecule has 0 saturated carbocycles. The molecule has 0 spiro atoms. The van der Waals surface area contributed by atoms with Gasteiger partial charge in [0.1, 0.15) is 5.76 Å². The second kappa shape index (κ2) is 4.47. The van der Waals surface area contributed by atoms with Crippen LogP contribution in [0.4, 0.5) is 0 Å². The molecule has 1 heteroatoms. The highest BCUT2D eigenvalue weighted by molar-refractivity contribution is 5.79. The molecule has 0 aliphatic carbocycles. The predicted molar refractivity (Wildman–Crippen MR) is 61.0 cm³/mol. The standard InChI is InChI=1S/C13H14O/c1-10(2)13(9-11(3)14)12-7-5-4-6-8-12/h4-9,14H,1,3H2,2H3/b13-9+. The Morgan fingerprint density at radius 1 is 1.21 bits per heavy atom. The summed E-state index contributed by atoms with van der Waals surface area (Å²) in [7, 11) is 0. The van der Waals surface area contributed by atoms with E-state index >= 15 is 0 Å². The average molecular weight is 186 g/mol. The van der Waals surface area contributed by atoms with Crippen molar-refractivity contribution in [3.8, 4) is 0 Å². The van der Waals surface area contributed by atoms with E-state index < -0.39 is 0 Å². The fourth-order valence-electron chi connectivity index (χ4n) is 1.24.